The highest BCUT2D eigenvalue weighted by Crippen LogP contribution is 2.43. The van der Waals surface area contributed by atoms with Crippen molar-refractivity contribution in [3.05, 3.63) is 29.3 Å². The highest BCUT2D eigenvalue weighted by Gasteiger charge is 2.34. The molecule has 0 radical (unpaired) electrons. The van der Waals surface area contributed by atoms with Crippen molar-refractivity contribution in [3.63, 3.8) is 0 Å². The van der Waals surface area contributed by atoms with Gasteiger partial charge >= 0.3 is 5.97 Å². The molecule has 1 aromatic carbocycles. The standard InChI is InChI=1S/C22H31NO3/c1-4-7-9-16-14-18(23(5-2)6-3)12-13-19(16)20-11-8-10-17(22(20)26)15-21(24)25/h8,10-11,16,18-19,26H,4-6,12-15H2,1-3H3,(H,24,25). The molecule has 1 aromatic rings. The maximum atomic E-state index is 11.1. The van der Waals surface area contributed by atoms with Crippen molar-refractivity contribution in [3.8, 4) is 17.6 Å². The van der Waals surface area contributed by atoms with Gasteiger partial charge in [-0.25, -0.2) is 0 Å². The average Bonchev–Trinajstić information content (AvgIpc) is 2.63. The van der Waals surface area contributed by atoms with E-state index in [-0.39, 0.29) is 24.0 Å². The molecular weight excluding hydrogens is 326 g/mol. The van der Waals surface area contributed by atoms with Gasteiger partial charge in [-0.1, -0.05) is 44.9 Å². The Morgan fingerprint density at radius 1 is 1.23 bits per heavy atom. The molecule has 0 aliphatic heterocycles. The minimum absolute atomic E-state index is 0.143. The molecule has 3 unspecified atom stereocenters. The third-order valence-corrected chi connectivity index (χ3v) is 5.51. The van der Waals surface area contributed by atoms with E-state index in [0.717, 1.165) is 44.3 Å². The topological polar surface area (TPSA) is 60.8 Å². The molecule has 0 heterocycles. The van der Waals surface area contributed by atoms with Gasteiger partial charge in [-0.15, -0.1) is 5.92 Å². The van der Waals surface area contributed by atoms with Gasteiger partial charge in [0.15, 0.2) is 0 Å². The molecule has 4 heteroatoms. The van der Waals surface area contributed by atoms with E-state index in [9.17, 15) is 9.90 Å². The number of carboxylic acid groups (broad SMARTS) is 1. The monoisotopic (exact) mass is 357 g/mol. The quantitative estimate of drug-likeness (QED) is 0.755. The Kier molecular flexibility index (Phi) is 7.53. The summed E-state index contributed by atoms with van der Waals surface area (Å²) in [4.78, 5) is 13.6. The molecule has 0 saturated heterocycles. The molecular formula is C22H31NO3. The van der Waals surface area contributed by atoms with E-state index in [1.165, 1.54) is 0 Å². The molecule has 1 fully saturated rings. The van der Waals surface area contributed by atoms with Gasteiger partial charge in [0.25, 0.3) is 0 Å². The van der Waals surface area contributed by atoms with Crippen LogP contribution >= 0.6 is 0 Å². The van der Waals surface area contributed by atoms with Crippen LogP contribution in [0.25, 0.3) is 0 Å². The first-order valence-electron chi connectivity index (χ1n) is 9.76. The number of carboxylic acids is 1. The van der Waals surface area contributed by atoms with Crippen LogP contribution in [0.5, 0.6) is 5.75 Å². The second kappa shape index (κ2) is 9.64. The predicted octanol–water partition coefficient (Wildman–Crippen LogP) is 4.03. The van der Waals surface area contributed by atoms with Crippen LogP contribution in [0.1, 0.15) is 63.5 Å². The van der Waals surface area contributed by atoms with Crippen molar-refractivity contribution in [1.29, 1.82) is 0 Å². The normalized spacial score (nSPS) is 22.7. The first-order chi connectivity index (χ1) is 12.5. The fraction of sp³-hybridized carbons (Fsp3) is 0.591. The number of carbonyl (C=O) groups is 1. The Morgan fingerprint density at radius 3 is 2.58 bits per heavy atom. The number of hydrogen-bond donors (Lipinski definition) is 2. The maximum Gasteiger partial charge on any atom is 0.307 e. The summed E-state index contributed by atoms with van der Waals surface area (Å²) in [5.41, 5.74) is 1.35. The van der Waals surface area contributed by atoms with Crippen LogP contribution in [0.15, 0.2) is 18.2 Å². The molecule has 26 heavy (non-hydrogen) atoms. The molecule has 4 nitrogen and oxygen atoms in total. The van der Waals surface area contributed by atoms with Gasteiger partial charge in [0.05, 0.1) is 6.42 Å². The number of para-hydroxylation sites is 1. The van der Waals surface area contributed by atoms with E-state index in [0.29, 0.717) is 11.6 Å². The number of benzene rings is 1. The van der Waals surface area contributed by atoms with Crippen LogP contribution < -0.4 is 0 Å². The fourth-order valence-corrected chi connectivity index (χ4v) is 4.20. The molecule has 2 rings (SSSR count). The molecule has 1 aliphatic carbocycles. The SMILES string of the molecule is CCC#CC1CC(N(CC)CC)CCC1c1cccc(CC(=O)O)c1O. The van der Waals surface area contributed by atoms with Gasteiger partial charge in [-0.05, 0) is 37.9 Å². The summed E-state index contributed by atoms with van der Waals surface area (Å²) in [7, 11) is 0. The van der Waals surface area contributed by atoms with E-state index in [2.05, 4.69) is 37.5 Å². The zero-order chi connectivity index (χ0) is 19.1. The first kappa shape index (κ1) is 20.3. The lowest BCUT2D eigenvalue weighted by Crippen LogP contribution is -2.40. The Bertz CT molecular complexity index is 670. The van der Waals surface area contributed by atoms with E-state index in [4.69, 9.17) is 5.11 Å². The summed E-state index contributed by atoms with van der Waals surface area (Å²) in [5, 5.41) is 19.8. The van der Waals surface area contributed by atoms with Crippen molar-refractivity contribution in [2.45, 2.75) is 64.8 Å². The summed E-state index contributed by atoms with van der Waals surface area (Å²) in [6.07, 6.45) is 3.72. The third kappa shape index (κ3) is 4.80. The molecule has 1 saturated carbocycles. The van der Waals surface area contributed by atoms with Gasteiger partial charge in [-0.3, -0.25) is 4.79 Å². The molecule has 0 aromatic heterocycles. The summed E-state index contributed by atoms with van der Waals surface area (Å²) in [5.74, 6) is 6.25. The van der Waals surface area contributed by atoms with Gasteiger partial charge < -0.3 is 15.1 Å². The number of aromatic hydroxyl groups is 1. The lowest BCUT2D eigenvalue weighted by atomic mass is 9.72. The molecule has 2 N–H and O–H groups in total. The number of phenolic OH excluding ortho intramolecular Hbond substituents is 1. The Labute approximate surface area is 157 Å². The molecule has 1 aliphatic rings. The van der Waals surface area contributed by atoms with Gasteiger partial charge in [0.1, 0.15) is 5.75 Å². The van der Waals surface area contributed by atoms with Crippen LogP contribution in [-0.2, 0) is 11.2 Å². The minimum Gasteiger partial charge on any atom is -0.507 e. The number of hydrogen-bond acceptors (Lipinski definition) is 3. The van der Waals surface area contributed by atoms with Crippen molar-refractivity contribution in [2.24, 2.45) is 5.92 Å². The van der Waals surface area contributed by atoms with Crippen LogP contribution in [0.3, 0.4) is 0 Å². The van der Waals surface area contributed by atoms with Crippen molar-refractivity contribution in [1.82, 2.24) is 4.90 Å². The number of aliphatic carboxylic acids is 1. The lowest BCUT2D eigenvalue weighted by molar-refractivity contribution is -0.136. The maximum absolute atomic E-state index is 11.1. The van der Waals surface area contributed by atoms with Crippen molar-refractivity contribution >= 4 is 5.97 Å². The summed E-state index contributed by atoms with van der Waals surface area (Å²) < 4.78 is 0. The number of rotatable bonds is 6. The summed E-state index contributed by atoms with van der Waals surface area (Å²) >= 11 is 0. The molecule has 0 bridgehead atoms. The van der Waals surface area contributed by atoms with Crippen LogP contribution in [0, 0.1) is 17.8 Å². The number of nitrogens with zero attached hydrogens (tertiary/aromatic N) is 1. The van der Waals surface area contributed by atoms with Gasteiger partial charge in [0, 0.05) is 29.9 Å². The highest BCUT2D eigenvalue weighted by molar-refractivity contribution is 5.71. The number of phenols is 1. The largest absolute Gasteiger partial charge is 0.507 e. The van der Waals surface area contributed by atoms with Crippen molar-refractivity contribution in [2.75, 3.05) is 13.1 Å². The molecule has 3 atom stereocenters. The lowest BCUT2D eigenvalue weighted by Gasteiger charge is -2.39. The third-order valence-electron chi connectivity index (χ3n) is 5.51. The van der Waals surface area contributed by atoms with E-state index in [1.807, 2.05) is 12.1 Å². The zero-order valence-corrected chi connectivity index (χ0v) is 16.2. The minimum atomic E-state index is -0.926. The predicted molar refractivity (Wildman–Crippen MR) is 104 cm³/mol. The second-order valence-electron chi connectivity index (χ2n) is 7.00. The first-order valence-corrected chi connectivity index (χ1v) is 9.76. The summed E-state index contributed by atoms with van der Waals surface area (Å²) in [6, 6.07) is 6.01. The van der Waals surface area contributed by atoms with Crippen LogP contribution in [0.2, 0.25) is 0 Å². The van der Waals surface area contributed by atoms with E-state index in [1.54, 1.807) is 6.07 Å². The highest BCUT2D eigenvalue weighted by atomic mass is 16.4. The van der Waals surface area contributed by atoms with Crippen LogP contribution in [0.4, 0.5) is 0 Å². The van der Waals surface area contributed by atoms with E-state index < -0.39 is 5.97 Å². The second-order valence-corrected chi connectivity index (χ2v) is 7.00. The molecule has 0 spiro atoms. The van der Waals surface area contributed by atoms with E-state index >= 15 is 0 Å². The zero-order valence-electron chi connectivity index (χ0n) is 16.2. The van der Waals surface area contributed by atoms with Gasteiger partial charge in [0.2, 0.25) is 0 Å². The molecule has 142 valence electrons. The Morgan fingerprint density at radius 2 is 1.96 bits per heavy atom. The summed E-state index contributed by atoms with van der Waals surface area (Å²) in [6.45, 7) is 8.53. The van der Waals surface area contributed by atoms with Gasteiger partial charge in [-0.2, -0.15) is 0 Å². The average molecular weight is 357 g/mol. The molecule has 0 amide bonds. The van der Waals surface area contributed by atoms with Crippen molar-refractivity contribution < 1.29 is 15.0 Å². The smallest absolute Gasteiger partial charge is 0.307 e. The Hall–Kier alpha value is -1.99. The fourth-order valence-electron chi connectivity index (χ4n) is 4.20. The Balaban J connectivity index is 2.31. The van der Waals surface area contributed by atoms with Crippen LogP contribution in [-0.4, -0.2) is 40.2 Å².